The lowest BCUT2D eigenvalue weighted by Crippen LogP contribution is -2.00. The van der Waals surface area contributed by atoms with Crippen molar-refractivity contribution in [2.24, 2.45) is 0 Å². The Morgan fingerprint density at radius 2 is 0.821 bits per heavy atom. The Balaban J connectivity index is 1.11. The largest absolute Gasteiger partial charge is 0.456 e. The fourth-order valence-electron chi connectivity index (χ4n) is 7.35. The summed E-state index contributed by atoms with van der Waals surface area (Å²) in [6, 6.07) is 57.1. The molecular weight excluding hydrogens is 709 g/mol. The first-order chi connectivity index (χ1) is 27.7. The van der Waals surface area contributed by atoms with Crippen LogP contribution in [0.4, 0.5) is 0 Å². The fourth-order valence-corrected chi connectivity index (χ4v) is 8.58. The Hall–Kier alpha value is -7.42. The first-order valence-electron chi connectivity index (χ1n) is 18.3. The van der Waals surface area contributed by atoms with E-state index in [9.17, 15) is 0 Å². The highest BCUT2D eigenvalue weighted by Gasteiger charge is 2.21. The van der Waals surface area contributed by atoms with Gasteiger partial charge in [0.25, 0.3) is 0 Å². The second-order valence-electron chi connectivity index (χ2n) is 13.5. The molecule has 11 rings (SSSR count). The molecule has 8 heteroatoms. The minimum atomic E-state index is 0.570. The van der Waals surface area contributed by atoms with Crippen LogP contribution < -0.4 is 0 Å². The number of hydrogen-bond donors (Lipinski definition) is 0. The van der Waals surface area contributed by atoms with Crippen LogP contribution in [0.3, 0.4) is 0 Å². The van der Waals surface area contributed by atoms with Crippen molar-refractivity contribution in [3.63, 3.8) is 0 Å². The van der Waals surface area contributed by atoms with Crippen LogP contribution in [-0.2, 0) is 0 Å². The van der Waals surface area contributed by atoms with Gasteiger partial charge in [-0.2, -0.15) is 0 Å². The van der Waals surface area contributed by atoms with Gasteiger partial charge in [-0.15, -0.1) is 11.3 Å². The fraction of sp³-hybridized carbons (Fsp3) is 0. The summed E-state index contributed by atoms with van der Waals surface area (Å²) in [5.74, 6) is 3.62. The van der Waals surface area contributed by atoms with Crippen LogP contribution in [0.15, 0.2) is 174 Å². The Morgan fingerprint density at radius 1 is 0.339 bits per heavy atom. The normalized spacial score (nSPS) is 11.6. The number of hydrogen-bond acceptors (Lipinski definition) is 8. The molecule has 0 aliphatic carbocycles. The molecule has 0 N–H and O–H groups in total. The zero-order valence-electron chi connectivity index (χ0n) is 29.7. The topological polar surface area (TPSA) is 90.5 Å². The van der Waals surface area contributed by atoms with Crippen LogP contribution in [0.1, 0.15) is 0 Å². The minimum absolute atomic E-state index is 0.570. The van der Waals surface area contributed by atoms with Crippen LogP contribution in [0.25, 0.3) is 110 Å². The molecule has 0 spiro atoms. The van der Waals surface area contributed by atoms with Crippen molar-refractivity contribution in [2.45, 2.75) is 0 Å². The molecule has 0 aliphatic heterocycles. The molecular formula is C48H28N6OS. The van der Waals surface area contributed by atoms with Crippen LogP contribution in [0, 0.1) is 0 Å². The molecule has 4 aromatic heterocycles. The van der Waals surface area contributed by atoms with Crippen molar-refractivity contribution in [2.75, 3.05) is 0 Å². The molecule has 7 aromatic carbocycles. The maximum absolute atomic E-state index is 6.27. The molecule has 0 unspecified atom stereocenters. The van der Waals surface area contributed by atoms with Crippen LogP contribution in [-0.4, -0.2) is 29.9 Å². The number of rotatable bonds is 6. The second-order valence-corrected chi connectivity index (χ2v) is 14.5. The van der Waals surface area contributed by atoms with E-state index in [0.717, 1.165) is 75.5 Å². The third-order valence-corrected chi connectivity index (χ3v) is 11.2. The van der Waals surface area contributed by atoms with Gasteiger partial charge >= 0.3 is 0 Å². The molecule has 0 bridgehead atoms. The van der Waals surface area contributed by atoms with E-state index in [2.05, 4.69) is 54.6 Å². The second kappa shape index (κ2) is 13.2. The quantitative estimate of drug-likeness (QED) is 0.168. The van der Waals surface area contributed by atoms with Crippen LogP contribution in [0.2, 0.25) is 0 Å². The highest BCUT2D eigenvalue weighted by molar-refractivity contribution is 7.26. The molecule has 0 saturated heterocycles. The van der Waals surface area contributed by atoms with Crippen molar-refractivity contribution >= 4 is 53.4 Å². The van der Waals surface area contributed by atoms with Gasteiger partial charge in [0, 0.05) is 64.3 Å². The molecule has 7 nitrogen and oxygen atoms in total. The lowest BCUT2D eigenvalue weighted by atomic mass is 10.0. The Morgan fingerprint density at radius 3 is 1.46 bits per heavy atom. The summed E-state index contributed by atoms with van der Waals surface area (Å²) in [6.07, 6.45) is 0. The third kappa shape index (κ3) is 5.51. The SMILES string of the molecule is c1ccc(-c2nc(-c3ccccc3)nc(-c3cccc4c3sc3cccc(-c5nc(-c6ccccc6)nc(-c6ccc7c(c6)oc6ccccc67)n5)c34)n2)cc1. The number of aromatic nitrogens is 6. The first-order valence-corrected chi connectivity index (χ1v) is 19.1. The van der Waals surface area contributed by atoms with Gasteiger partial charge in [0.05, 0.1) is 0 Å². The van der Waals surface area contributed by atoms with Gasteiger partial charge in [0.2, 0.25) is 0 Å². The summed E-state index contributed by atoms with van der Waals surface area (Å²) in [4.78, 5) is 30.4. The van der Waals surface area contributed by atoms with Gasteiger partial charge in [-0.05, 0) is 30.3 Å². The van der Waals surface area contributed by atoms with Gasteiger partial charge in [-0.25, -0.2) is 29.9 Å². The third-order valence-electron chi connectivity index (χ3n) is 10.0. The number of fused-ring (bicyclic) bond motifs is 6. The molecule has 0 amide bonds. The van der Waals surface area contributed by atoms with Gasteiger partial charge in [-0.1, -0.05) is 140 Å². The van der Waals surface area contributed by atoms with E-state index in [4.69, 9.17) is 34.3 Å². The molecule has 56 heavy (non-hydrogen) atoms. The van der Waals surface area contributed by atoms with E-state index < -0.39 is 0 Å². The maximum atomic E-state index is 6.27. The standard InChI is InChI=1S/C48H28N6OS/c1-4-14-29(15-5-1)43-49-44(30-16-6-2-7-17-30)53-48(52-43)37-23-12-21-35-41-36(22-13-25-40(41)56-42(35)37)47-51-45(31-18-8-3-9-19-31)50-46(54-47)32-26-27-34-33-20-10-11-24-38(33)55-39(34)28-32/h1-28H. The predicted octanol–water partition coefficient (Wildman–Crippen LogP) is 12.3. The van der Waals surface area contributed by atoms with E-state index in [1.165, 1.54) is 0 Å². The average molecular weight is 737 g/mol. The van der Waals surface area contributed by atoms with E-state index in [1.54, 1.807) is 11.3 Å². The smallest absolute Gasteiger partial charge is 0.165 e. The number of thiophene rings is 1. The predicted molar refractivity (Wildman–Crippen MR) is 226 cm³/mol. The average Bonchev–Trinajstić information content (AvgIpc) is 3.85. The molecule has 4 heterocycles. The van der Waals surface area contributed by atoms with E-state index in [0.29, 0.717) is 34.9 Å². The summed E-state index contributed by atoms with van der Waals surface area (Å²) in [7, 11) is 0. The van der Waals surface area contributed by atoms with Gasteiger partial charge in [-0.3, -0.25) is 0 Å². The summed E-state index contributed by atoms with van der Waals surface area (Å²) < 4.78 is 8.45. The van der Waals surface area contributed by atoms with Gasteiger partial charge < -0.3 is 4.42 Å². The first kappa shape index (κ1) is 32.0. The summed E-state index contributed by atoms with van der Waals surface area (Å²) in [6.45, 7) is 0. The van der Waals surface area contributed by atoms with Crippen molar-refractivity contribution in [3.8, 4) is 68.3 Å². The summed E-state index contributed by atoms with van der Waals surface area (Å²) >= 11 is 1.72. The van der Waals surface area contributed by atoms with Crippen LogP contribution >= 0.6 is 11.3 Å². The van der Waals surface area contributed by atoms with Crippen molar-refractivity contribution < 1.29 is 4.42 Å². The number of benzene rings is 7. The van der Waals surface area contributed by atoms with Gasteiger partial charge in [0.15, 0.2) is 34.9 Å². The molecule has 11 aromatic rings. The molecule has 0 aliphatic rings. The zero-order chi connectivity index (χ0) is 37.0. The number of para-hydroxylation sites is 1. The molecule has 262 valence electrons. The minimum Gasteiger partial charge on any atom is -0.456 e. The zero-order valence-corrected chi connectivity index (χ0v) is 30.5. The lowest BCUT2D eigenvalue weighted by Gasteiger charge is -2.10. The van der Waals surface area contributed by atoms with Crippen molar-refractivity contribution in [1.29, 1.82) is 0 Å². The molecule has 0 fully saturated rings. The Labute approximate surface area is 324 Å². The van der Waals surface area contributed by atoms with Gasteiger partial charge in [0.1, 0.15) is 11.2 Å². The lowest BCUT2D eigenvalue weighted by molar-refractivity contribution is 0.669. The molecule has 0 atom stereocenters. The molecule has 0 radical (unpaired) electrons. The molecule has 0 saturated carbocycles. The Bertz CT molecular complexity index is 3200. The highest BCUT2D eigenvalue weighted by atomic mass is 32.1. The number of nitrogens with zero attached hydrogens (tertiary/aromatic N) is 6. The maximum Gasteiger partial charge on any atom is 0.165 e. The van der Waals surface area contributed by atoms with E-state index in [1.807, 2.05) is 115 Å². The van der Waals surface area contributed by atoms with E-state index >= 15 is 0 Å². The summed E-state index contributed by atoms with van der Waals surface area (Å²) in [5.41, 5.74) is 7.10. The Kier molecular flexibility index (Phi) is 7.53. The monoisotopic (exact) mass is 736 g/mol. The highest BCUT2D eigenvalue weighted by Crippen LogP contribution is 2.43. The van der Waals surface area contributed by atoms with Crippen LogP contribution in [0.5, 0.6) is 0 Å². The van der Waals surface area contributed by atoms with Crippen molar-refractivity contribution in [3.05, 3.63) is 170 Å². The summed E-state index contributed by atoms with van der Waals surface area (Å²) in [5, 5.41) is 4.28. The van der Waals surface area contributed by atoms with E-state index in [-0.39, 0.29) is 0 Å². The van der Waals surface area contributed by atoms with Crippen molar-refractivity contribution in [1.82, 2.24) is 29.9 Å². The number of furan rings is 1.